The van der Waals surface area contributed by atoms with Crippen molar-refractivity contribution in [1.29, 1.82) is 0 Å². The Hall–Kier alpha value is -3.02. The molecule has 9 nitrogen and oxygen atoms in total. The standard InChI is InChI=1S/C24H26N4O5S2/c1-15(2)16-3-6-19(7-4-16)35(30,31)28-11-9-17(10-12-28)23-26-27-24(34-23)22(29)25-18-5-8-20-21(13-18)33-14-32-20/h3-8,13,15,17H,9-12,14H2,1-2H3,(H,25,29). The van der Waals surface area contributed by atoms with E-state index in [2.05, 4.69) is 29.4 Å². The molecule has 0 radical (unpaired) electrons. The molecule has 3 aromatic rings. The zero-order valence-corrected chi connectivity index (χ0v) is 21.1. The molecule has 0 bridgehead atoms. The molecule has 35 heavy (non-hydrogen) atoms. The van der Waals surface area contributed by atoms with E-state index in [0.29, 0.717) is 53.9 Å². The fourth-order valence-corrected chi connectivity index (χ4v) is 6.54. The number of ether oxygens (including phenoxy) is 2. The first-order valence-corrected chi connectivity index (χ1v) is 13.7. The maximum atomic E-state index is 13.1. The van der Waals surface area contributed by atoms with Crippen LogP contribution in [0.1, 0.15) is 58.9 Å². The number of anilines is 1. The second kappa shape index (κ2) is 9.56. The van der Waals surface area contributed by atoms with Crippen molar-refractivity contribution in [1.82, 2.24) is 14.5 Å². The molecule has 5 rings (SSSR count). The molecule has 184 valence electrons. The molecule has 11 heteroatoms. The zero-order valence-electron chi connectivity index (χ0n) is 19.4. The van der Waals surface area contributed by atoms with Crippen molar-refractivity contribution in [3.8, 4) is 11.5 Å². The number of hydrogen-bond acceptors (Lipinski definition) is 8. The molecule has 2 aliphatic rings. The lowest BCUT2D eigenvalue weighted by Crippen LogP contribution is -2.37. The van der Waals surface area contributed by atoms with E-state index >= 15 is 0 Å². The lowest BCUT2D eigenvalue weighted by molar-refractivity contribution is 0.102. The number of nitrogens with zero attached hydrogens (tertiary/aromatic N) is 3. The Bertz CT molecular complexity index is 1330. The van der Waals surface area contributed by atoms with Crippen LogP contribution in [0.2, 0.25) is 0 Å². The summed E-state index contributed by atoms with van der Waals surface area (Å²) in [6, 6.07) is 12.3. The van der Waals surface area contributed by atoms with Crippen molar-refractivity contribution < 1.29 is 22.7 Å². The van der Waals surface area contributed by atoms with Crippen LogP contribution in [-0.2, 0) is 10.0 Å². The highest BCUT2D eigenvalue weighted by atomic mass is 32.2. The van der Waals surface area contributed by atoms with Crippen molar-refractivity contribution in [2.24, 2.45) is 0 Å². The fraction of sp³-hybridized carbons (Fsp3) is 0.375. The maximum absolute atomic E-state index is 13.1. The van der Waals surface area contributed by atoms with Gasteiger partial charge in [-0.2, -0.15) is 4.31 Å². The van der Waals surface area contributed by atoms with E-state index in [-0.39, 0.29) is 23.6 Å². The van der Waals surface area contributed by atoms with Gasteiger partial charge in [0.15, 0.2) is 11.5 Å². The summed E-state index contributed by atoms with van der Waals surface area (Å²) in [4.78, 5) is 13.0. The molecule has 1 saturated heterocycles. The molecule has 0 saturated carbocycles. The third kappa shape index (κ3) is 4.89. The van der Waals surface area contributed by atoms with Gasteiger partial charge in [-0.3, -0.25) is 4.79 Å². The molecule has 0 unspecified atom stereocenters. The summed E-state index contributed by atoms with van der Waals surface area (Å²) in [5.41, 5.74) is 1.69. The van der Waals surface area contributed by atoms with Gasteiger partial charge < -0.3 is 14.8 Å². The Morgan fingerprint density at radius 2 is 1.77 bits per heavy atom. The van der Waals surface area contributed by atoms with Crippen LogP contribution in [0.5, 0.6) is 11.5 Å². The highest BCUT2D eigenvalue weighted by molar-refractivity contribution is 7.89. The Kier molecular flexibility index (Phi) is 6.47. The van der Waals surface area contributed by atoms with Gasteiger partial charge in [-0.25, -0.2) is 8.42 Å². The summed E-state index contributed by atoms with van der Waals surface area (Å²) in [5.74, 6) is 1.28. The number of hydrogen-bond donors (Lipinski definition) is 1. The van der Waals surface area contributed by atoms with E-state index in [1.807, 2.05) is 12.1 Å². The number of fused-ring (bicyclic) bond motifs is 1. The van der Waals surface area contributed by atoms with Gasteiger partial charge in [0, 0.05) is 30.8 Å². The maximum Gasteiger partial charge on any atom is 0.286 e. The molecular weight excluding hydrogens is 488 g/mol. The minimum Gasteiger partial charge on any atom is -0.454 e. The summed E-state index contributed by atoms with van der Waals surface area (Å²) in [6.45, 7) is 5.12. The molecule has 1 aromatic heterocycles. The smallest absolute Gasteiger partial charge is 0.286 e. The summed E-state index contributed by atoms with van der Waals surface area (Å²) in [7, 11) is -3.54. The summed E-state index contributed by atoms with van der Waals surface area (Å²) in [5, 5.41) is 12.1. The van der Waals surface area contributed by atoms with Crippen LogP contribution in [0.4, 0.5) is 5.69 Å². The first-order chi connectivity index (χ1) is 16.8. The zero-order chi connectivity index (χ0) is 24.6. The number of carbonyl (C=O) groups excluding carboxylic acids is 1. The minimum absolute atomic E-state index is 0.0642. The van der Waals surface area contributed by atoms with Crippen molar-refractivity contribution in [2.45, 2.75) is 43.4 Å². The molecule has 1 N–H and O–H groups in total. The normalized spacial score (nSPS) is 16.5. The average Bonchev–Trinajstić information content (AvgIpc) is 3.54. The lowest BCUT2D eigenvalue weighted by Gasteiger charge is -2.30. The first-order valence-electron chi connectivity index (χ1n) is 11.5. The molecule has 0 aliphatic carbocycles. The lowest BCUT2D eigenvalue weighted by atomic mass is 9.99. The van der Waals surface area contributed by atoms with Crippen LogP contribution in [-0.4, -0.2) is 48.7 Å². The van der Waals surface area contributed by atoms with E-state index in [1.54, 1.807) is 30.3 Å². The largest absolute Gasteiger partial charge is 0.454 e. The minimum atomic E-state index is -3.54. The van der Waals surface area contributed by atoms with Crippen molar-refractivity contribution >= 4 is 33.0 Å². The third-order valence-electron chi connectivity index (χ3n) is 6.25. The highest BCUT2D eigenvalue weighted by Gasteiger charge is 2.32. The monoisotopic (exact) mass is 514 g/mol. The van der Waals surface area contributed by atoms with Crippen molar-refractivity contribution in [3.05, 3.63) is 58.0 Å². The van der Waals surface area contributed by atoms with E-state index in [1.165, 1.54) is 15.6 Å². The van der Waals surface area contributed by atoms with E-state index in [0.717, 1.165) is 10.6 Å². The van der Waals surface area contributed by atoms with Gasteiger partial charge in [0.25, 0.3) is 5.91 Å². The summed E-state index contributed by atoms with van der Waals surface area (Å²) < 4.78 is 38.3. The van der Waals surface area contributed by atoms with E-state index < -0.39 is 10.0 Å². The van der Waals surface area contributed by atoms with Gasteiger partial charge in [0.05, 0.1) is 4.90 Å². The third-order valence-corrected chi connectivity index (χ3v) is 9.25. The van der Waals surface area contributed by atoms with Gasteiger partial charge in [-0.15, -0.1) is 10.2 Å². The number of rotatable bonds is 6. The number of nitrogens with one attached hydrogen (secondary N) is 1. The van der Waals surface area contributed by atoms with Gasteiger partial charge >= 0.3 is 0 Å². The van der Waals surface area contributed by atoms with Crippen LogP contribution in [0, 0.1) is 0 Å². The SMILES string of the molecule is CC(C)c1ccc(S(=O)(=O)N2CCC(c3nnc(C(=O)Nc4ccc5c(c4)OCO5)s3)CC2)cc1. The Morgan fingerprint density at radius 3 is 2.49 bits per heavy atom. The van der Waals surface area contributed by atoms with E-state index in [9.17, 15) is 13.2 Å². The summed E-state index contributed by atoms with van der Waals surface area (Å²) in [6.07, 6.45) is 1.25. The van der Waals surface area contributed by atoms with Crippen LogP contribution in [0.15, 0.2) is 47.4 Å². The van der Waals surface area contributed by atoms with Crippen LogP contribution in [0.25, 0.3) is 0 Å². The van der Waals surface area contributed by atoms with Gasteiger partial charge in [0.1, 0.15) is 5.01 Å². The topological polar surface area (TPSA) is 111 Å². The average molecular weight is 515 g/mol. The second-order valence-corrected chi connectivity index (χ2v) is 11.8. The van der Waals surface area contributed by atoms with Gasteiger partial charge in [-0.05, 0) is 48.6 Å². The number of carbonyl (C=O) groups is 1. The molecule has 3 heterocycles. The molecule has 2 aromatic carbocycles. The highest BCUT2D eigenvalue weighted by Crippen LogP contribution is 2.35. The second-order valence-electron chi connectivity index (χ2n) is 8.87. The number of amides is 1. The summed E-state index contributed by atoms with van der Waals surface area (Å²) >= 11 is 1.24. The predicted molar refractivity (Wildman–Crippen MR) is 132 cm³/mol. The van der Waals surface area contributed by atoms with E-state index in [4.69, 9.17) is 9.47 Å². The molecule has 0 spiro atoms. The predicted octanol–water partition coefficient (Wildman–Crippen LogP) is 4.21. The van der Waals surface area contributed by atoms with Crippen LogP contribution in [0.3, 0.4) is 0 Å². The fourth-order valence-electron chi connectivity index (χ4n) is 4.17. The number of aromatic nitrogens is 2. The molecule has 2 aliphatic heterocycles. The molecule has 1 amide bonds. The quantitative estimate of drug-likeness (QED) is 0.525. The molecule has 0 atom stereocenters. The van der Waals surface area contributed by atoms with Crippen LogP contribution >= 0.6 is 11.3 Å². The molecular formula is C24H26N4O5S2. The van der Waals surface area contributed by atoms with Crippen molar-refractivity contribution in [2.75, 3.05) is 25.2 Å². The van der Waals surface area contributed by atoms with Crippen LogP contribution < -0.4 is 14.8 Å². The number of piperidine rings is 1. The van der Waals surface area contributed by atoms with Crippen molar-refractivity contribution in [3.63, 3.8) is 0 Å². The number of benzene rings is 2. The first kappa shape index (κ1) is 23.7. The Morgan fingerprint density at radius 1 is 1.06 bits per heavy atom. The molecule has 1 fully saturated rings. The Labute approximate surface area is 208 Å². The van der Waals surface area contributed by atoms with Gasteiger partial charge in [-0.1, -0.05) is 37.3 Å². The number of sulfonamides is 1. The Balaban J connectivity index is 1.20. The van der Waals surface area contributed by atoms with Gasteiger partial charge in [0.2, 0.25) is 21.8 Å².